The molecule has 1 fully saturated rings. The lowest BCUT2D eigenvalue weighted by Crippen LogP contribution is -2.32. The third-order valence-electron chi connectivity index (χ3n) is 2.72. The summed E-state index contributed by atoms with van der Waals surface area (Å²) in [6.45, 7) is 1.36. The molecule has 0 spiro atoms. The number of rotatable bonds is 3. The Hall–Kier alpha value is -1.55. The van der Waals surface area contributed by atoms with E-state index in [1.165, 1.54) is 0 Å². The summed E-state index contributed by atoms with van der Waals surface area (Å²) < 4.78 is 5.42. The molecule has 86 valence electrons. The van der Waals surface area contributed by atoms with Gasteiger partial charge in [0.2, 0.25) is 0 Å². The molecule has 1 aliphatic heterocycles. The molecule has 1 aliphatic rings. The highest BCUT2D eigenvalue weighted by Crippen LogP contribution is 2.12. The quantitative estimate of drug-likeness (QED) is 0.752. The second-order valence-electron chi connectivity index (χ2n) is 3.93. The molecule has 0 aromatic heterocycles. The van der Waals surface area contributed by atoms with Crippen molar-refractivity contribution in [3.63, 3.8) is 0 Å². The van der Waals surface area contributed by atoms with Gasteiger partial charge < -0.3 is 15.8 Å². The summed E-state index contributed by atoms with van der Waals surface area (Å²) in [7, 11) is 0. The van der Waals surface area contributed by atoms with Crippen LogP contribution in [0.4, 0.5) is 5.69 Å². The smallest absolute Gasteiger partial charge is 0.253 e. The maximum Gasteiger partial charge on any atom is 0.253 e. The van der Waals surface area contributed by atoms with Gasteiger partial charge in [0.25, 0.3) is 5.91 Å². The molecule has 4 heteroatoms. The highest BCUT2D eigenvalue weighted by atomic mass is 16.5. The van der Waals surface area contributed by atoms with E-state index in [4.69, 9.17) is 10.5 Å². The Morgan fingerprint density at radius 3 is 3.00 bits per heavy atom. The van der Waals surface area contributed by atoms with Gasteiger partial charge in [-0.15, -0.1) is 0 Å². The van der Waals surface area contributed by atoms with Crippen molar-refractivity contribution in [2.75, 3.05) is 18.9 Å². The number of benzene rings is 1. The minimum absolute atomic E-state index is 0.131. The number of nitrogen functional groups attached to an aromatic ring is 1. The molecular weight excluding hydrogens is 204 g/mol. The number of carbonyl (C=O) groups is 1. The van der Waals surface area contributed by atoms with Gasteiger partial charge >= 0.3 is 0 Å². The molecule has 1 aromatic carbocycles. The van der Waals surface area contributed by atoms with Gasteiger partial charge in [0.05, 0.1) is 11.7 Å². The van der Waals surface area contributed by atoms with E-state index in [1.54, 1.807) is 18.2 Å². The van der Waals surface area contributed by atoms with Crippen LogP contribution in [0.2, 0.25) is 0 Å². The number of hydrogen-bond donors (Lipinski definition) is 2. The minimum Gasteiger partial charge on any atom is -0.398 e. The van der Waals surface area contributed by atoms with Gasteiger partial charge in [-0.2, -0.15) is 0 Å². The minimum atomic E-state index is -0.131. The van der Waals surface area contributed by atoms with Crippen LogP contribution in [0, 0.1) is 0 Å². The standard InChI is InChI=1S/C12H16N2O2/c13-11-6-2-1-5-10(11)12(15)14-8-9-4-3-7-16-9/h1-2,5-6,9H,3-4,7-8,13H2,(H,14,15)/t9-/m0/s1. The summed E-state index contributed by atoms with van der Waals surface area (Å²) in [5, 5.41) is 2.84. The van der Waals surface area contributed by atoms with E-state index in [-0.39, 0.29) is 12.0 Å². The van der Waals surface area contributed by atoms with Gasteiger partial charge in [0.15, 0.2) is 0 Å². The fourth-order valence-corrected chi connectivity index (χ4v) is 1.81. The molecule has 0 unspecified atom stereocenters. The van der Waals surface area contributed by atoms with Crippen LogP contribution in [-0.2, 0) is 4.74 Å². The number of carbonyl (C=O) groups excluding carboxylic acids is 1. The molecule has 16 heavy (non-hydrogen) atoms. The van der Waals surface area contributed by atoms with Crippen molar-refractivity contribution in [1.82, 2.24) is 5.32 Å². The Morgan fingerprint density at radius 1 is 1.50 bits per heavy atom. The summed E-state index contributed by atoms with van der Waals surface area (Å²) in [6.07, 6.45) is 2.26. The first kappa shape index (κ1) is 11.0. The van der Waals surface area contributed by atoms with E-state index in [0.29, 0.717) is 17.8 Å². The average Bonchev–Trinajstić information content (AvgIpc) is 2.79. The van der Waals surface area contributed by atoms with Gasteiger partial charge in [0, 0.05) is 18.8 Å². The van der Waals surface area contributed by atoms with Crippen molar-refractivity contribution in [2.45, 2.75) is 18.9 Å². The normalized spacial score (nSPS) is 19.6. The van der Waals surface area contributed by atoms with Crippen molar-refractivity contribution in [3.8, 4) is 0 Å². The second kappa shape index (κ2) is 4.99. The zero-order valence-corrected chi connectivity index (χ0v) is 9.11. The summed E-state index contributed by atoms with van der Waals surface area (Å²) in [4.78, 5) is 11.8. The van der Waals surface area contributed by atoms with Crippen LogP contribution < -0.4 is 11.1 Å². The molecule has 1 atom stereocenters. The van der Waals surface area contributed by atoms with Crippen molar-refractivity contribution in [2.24, 2.45) is 0 Å². The number of nitrogens with two attached hydrogens (primary N) is 1. The van der Waals surface area contributed by atoms with E-state index in [2.05, 4.69) is 5.32 Å². The second-order valence-corrected chi connectivity index (χ2v) is 3.93. The molecule has 0 bridgehead atoms. The number of anilines is 1. The zero-order valence-electron chi connectivity index (χ0n) is 9.11. The highest BCUT2D eigenvalue weighted by Gasteiger charge is 2.17. The van der Waals surface area contributed by atoms with E-state index in [0.717, 1.165) is 19.4 Å². The molecule has 0 aliphatic carbocycles. The number of amides is 1. The van der Waals surface area contributed by atoms with Crippen LogP contribution in [0.25, 0.3) is 0 Å². The molecule has 0 saturated carbocycles. The molecule has 1 saturated heterocycles. The van der Waals surface area contributed by atoms with Crippen molar-refractivity contribution >= 4 is 11.6 Å². The van der Waals surface area contributed by atoms with Gasteiger partial charge in [0.1, 0.15) is 0 Å². The molecule has 2 rings (SSSR count). The Bertz CT molecular complexity index is 373. The Kier molecular flexibility index (Phi) is 3.41. The first-order chi connectivity index (χ1) is 7.77. The van der Waals surface area contributed by atoms with Crippen molar-refractivity contribution in [1.29, 1.82) is 0 Å². The van der Waals surface area contributed by atoms with Crippen LogP contribution in [-0.4, -0.2) is 25.2 Å². The maximum atomic E-state index is 11.8. The number of nitrogens with one attached hydrogen (secondary N) is 1. The maximum absolute atomic E-state index is 11.8. The molecule has 1 amide bonds. The van der Waals surface area contributed by atoms with Gasteiger partial charge in [-0.3, -0.25) is 4.79 Å². The monoisotopic (exact) mass is 220 g/mol. The van der Waals surface area contributed by atoms with Gasteiger partial charge in [-0.1, -0.05) is 12.1 Å². The SMILES string of the molecule is Nc1ccccc1C(=O)NC[C@@H]1CCCO1. The van der Waals surface area contributed by atoms with E-state index in [9.17, 15) is 4.79 Å². The lowest BCUT2D eigenvalue weighted by molar-refractivity contribution is 0.0858. The molecule has 4 nitrogen and oxygen atoms in total. The van der Waals surface area contributed by atoms with Crippen LogP contribution in [0.5, 0.6) is 0 Å². The highest BCUT2D eigenvalue weighted by molar-refractivity contribution is 5.99. The fourth-order valence-electron chi connectivity index (χ4n) is 1.81. The van der Waals surface area contributed by atoms with Crippen LogP contribution in [0.1, 0.15) is 23.2 Å². The lowest BCUT2D eigenvalue weighted by Gasteiger charge is -2.11. The summed E-state index contributed by atoms with van der Waals surface area (Å²) in [5.74, 6) is -0.131. The summed E-state index contributed by atoms with van der Waals surface area (Å²) >= 11 is 0. The largest absolute Gasteiger partial charge is 0.398 e. The number of ether oxygens (including phenoxy) is 1. The van der Waals surface area contributed by atoms with Crippen LogP contribution in [0.3, 0.4) is 0 Å². The first-order valence-electron chi connectivity index (χ1n) is 5.51. The fraction of sp³-hybridized carbons (Fsp3) is 0.417. The number of para-hydroxylation sites is 1. The van der Waals surface area contributed by atoms with Crippen LogP contribution >= 0.6 is 0 Å². The van der Waals surface area contributed by atoms with E-state index >= 15 is 0 Å². The third kappa shape index (κ3) is 2.52. The molecule has 1 heterocycles. The topological polar surface area (TPSA) is 64.4 Å². The Morgan fingerprint density at radius 2 is 2.31 bits per heavy atom. The summed E-state index contributed by atoms with van der Waals surface area (Å²) in [6, 6.07) is 7.06. The first-order valence-corrected chi connectivity index (χ1v) is 5.51. The van der Waals surface area contributed by atoms with Crippen LogP contribution in [0.15, 0.2) is 24.3 Å². The zero-order chi connectivity index (χ0) is 11.4. The molecule has 0 radical (unpaired) electrons. The van der Waals surface area contributed by atoms with Crippen molar-refractivity contribution in [3.05, 3.63) is 29.8 Å². The Labute approximate surface area is 94.8 Å². The lowest BCUT2D eigenvalue weighted by atomic mass is 10.1. The van der Waals surface area contributed by atoms with Gasteiger partial charge in [-0.05, 0) is 25.0 Å². The predicted octanol–water partition coefficient (Wildman–Crippen LogP) is 1.18. The number of hydrogen-bond acceptors (Lipinski definition) is 3. The summed E-state index contributed by atoms with van der Waals surface area (Å²) in [5.41, 5.74) is 6.75. The molecule has 3 N–H and O–H groups in total. The predicted molar refractivity (Wildman–Crippen MR) is 62.2 cm³/mol. The Balaban J connectivity index is 1.90. The average molecular weight is 220 g/mol. The van der Waals surface area contributed by atoms with E-state index < -0.39 is 0 Å². The molecular formula is C12H16N2O2. The molecule has 1 aromatic rings. The van der Waals surface area contributed by atoms with Gasteiger partial charge in [-0.25, -0.2) is 0 Å². The third-order valence-corrected chi connectivity index (χ3v) is 2.72. The van der Waals surface area contributed by atoms with E-state index in [1.807, 2.05) is 6.07 Å². The van der Waals surface area contributed by atoms with Crippen molar-refractivity contribution < 1.29 is 9.53 Å².